The van der Waals surface area contributed by atoms with E-state index in [9.17, 15) is 18.0 Å². The van der Waals surface area contributed by atoms with Gasteiger partial charge in [-0.2, -0.15) is 18.2 Å². The van der Waals surface area contributed by atoms with Crippen molar-refractivity contribution in [2.45, 2.75) is 12.6 Å². The number of carbonyl (C=O) groups is 1. The average molecular weight is 370 g/mol. The fraction of sp³-hybridized carbons (Fsp3) is 0.333. The van der Waals surface area contributed by atoms with Crippen molar-refractivity contribution < 1.29 is 32.1 Å². The molecule has 1 fully saturated rings. The van der Waals surface area contributed by atoms with Gasteiger partial charge in [-0.05, 0) is 24.3 Å². The summed E-state index contributed by atoms with van der Waals surface area (Å²) in [7, 11) is 1.43. The molecule has 0 unspecified atom stereocenters. The van der Waals surface area contributed by atoms with Gasteiger partial charge in [0.2, 0.25) is 5.82 Å². The van der Waals surface area contributed by atoms with Gasteiger partial charge in [0.15, 0.2) is 0 Å². The minimum atomic E-state index is -4.71. The topological polar surface area (TPSA) is 90.0 Å². The molecule has 2 heterocycles. The van der Waals surface area contributed by atoms with Gasteiger partial charge in [0.05, 0.1) is 12.3 Å². The molecule has 0 aliphatic carbocycles. The number of hydrogen-bond acceptors (Lipinski definition) is 7. The van der Waals surface area contributed by atoms with Crippen molar-refractivity contribution in [3.05, 3.63) is 30.2 Å². The van der Waals surface area contributed by atoms with Gasteiger partial charge in [0, 0.05) is 18.5 Å². The van der Waals surface area contributed by atoms with Gasteiger partial charge in [0.1, 0.15) is 12.9 Å². The lowest BCUT2D eigenvalue weighted by atomic mass is 10.2. The first-order valence-electron chi connectivity index (χ1n) is 7.44. The molecule has 0 bridgehead atoms. The number of hydrogen-bond donors (Lipinski definition) is 0. The number of benzene rings is 1. The zero-order valence-electron chi connectivity index (χ0n) is 13.5. The predicted octanol–water partition coefficient (Wildman–Crippen LogP) is 2.96. The maximum atomic E-state index is 12.5. The summed E-state index contributed by atoms with van der Waals surface area (Å²) < 4.78 is 46.8. The van der Waals surface area contributed by atoms with E-state index in [2.05, 4.69) is 24.7 Å². The Bertz CT molecular complexity index is 817. The quantitative estimate of drug-likeness (QED) is 0.772. The highest BCUT2D eigenvalue weighted by Gasteiger charge is 2.38. The van der Waals surface area contributed by atoms with Crippen LogP contribution in [0.5, 0.6) is 5.75 Å². The Morgan fingerprint density at radius 3 is 2.65 bits per heavy atom. The number of nitrogens with zero attached hydrogens (tertiary/aromatic N) is 4. The molecule has 0 atom stereocenters. The van der Waals surface area contributed by atoms with Crippen molar-refractivity contribution in [2.75, 3.05) is 20.2 Å². The second-order valence-electron chi connectivity index (χ2n) is 5.32. The normalized spacial score (nSPS) is 16.2. The number of alkyl halides is 3. The number of rotatable bonds is 3. The molecule has 138 valence electrons. The molecular formula is C15H13F3N4O4. The Hall–Kier alpha value is -3.11. The van der Waals surface area contributed by atoms with Crippen molar-refractivity contribution >= 4 is 11.8 Å². The van der Waals surface area contributed by atoms with E-state index in [-0.39, 0.29) is 11.6 Å². The van der Waals surface area contributed by atoms with Crippen molar-refractivity contribution in [3.8, 4) is 17.1 Å². The lowest BCUT2D eigenvalue weighted by Crippen LogP contribution is -2.31. The minimum absolute atomic E-state index is 0.213. The van der Waals surface area contributed by atoms with E-state index in [1.807, 2.05) is 0 Å². The zero-order chi connectivity index (χ0) is 18.7. The van der Waals surface area contributed by atoms with Crippen LogP contribution in [-0.2, 0) is 11.0 Å². The first kappa shape index (κ1) is 17.7. The Kier molecular flexibility index (Phi) is 4.78. The highest BCUT2D eigenvalue weighted by atomic mass is 19.4. The SMILES string of the molecule is CO/N=C1\CCN(C(=O)Oc2ccc(-c3noc(C(F)(F)F)n3)cc2)C1. The van der Waals surface area contributed by atoms with E-state index in [1.54, 1.807) is 0 Å². The monoisotopic (exact) mass is 370 g/mol. The zero-order valence-corrected chi connectivity index (χ0v) is 13.5. The molecule has 0 radical (unpaired) electrons. The summed E-state index contributed by atoms with van der Waals surface area (Å²) in [6.45, 7) is 0.774. The summed E-state index contributed by atoms with van der Waals surface area (Å²) in [6.07, 6.45) is -4.67. The fourth-order valence-corrected chi connectivity index (χ4v) is 2.30. The number of aromatic nitrogens is 2. The van der Waals surface area contributed by atoms with Crippen LogP contribution in [0.3, 0.4) is 0 Å². The Labute approximate surface area is 145 Å². The summed E-state index contributed by atoms with van der Waals surface area (Å²) >= 11 is 0. The summed E-state index contributed by atoms with van der Waals surface area (Å²) in [5, 5.41) is 7.08. The van der Waals surface area contributed by atoms with Crippen LogP contribution in [0.15, 0.2) is 33.9 Å². The van der Waals surface area contributed by atoms with Crippen molar-refractivity contribution in [1.82, 2.24) is 15.0 Å². The van der Waals surface area contributed by atoms with Crippen LogP contribution in [-0.4, -0.2) is 47.0 Å². The van der Waals surface area contributed by atoms with Crippen LogP contribution >= 0.6 is 0 Å². The van der Waals surface area contributed by atoms with Crippen molar-refractivity contribution in [2.24, 2.45) is 5.16 Å². The van der Waals surface area contributed by atoms with Gasteiger partial charge in [-0.1, -0.05) is 10.3 Å². The van der Waals surface area contributed by atoms with Gasteiger partial charge >= 0.3 is 18.2 Å². The van der Waals surface area contributed by atoms with E-state index in [1.165, 1.54) is 36.3 Å². The van der Waals surface area contributed by atoms with E-state index >= 15 is 0 Å². The molecule has 2 aromatic rings. The Morgan fingerprint density at radius 1 is 1.31 bits per heavy atom. The maximum Gasteiger partial charge on any atom is 0.471 e. The number of carbonyl (C=O) groups excluding carboxylic acids is 1. The minimum Gasteiger partial charge on any atom is -0.410 e. The van der Waals surface area contributed by atoms with Crippen LogP contribution in [0.2, 0.25) is 0 Å². The standard InChI is InChI=1S/C15H13F3N4O4/c1-24-20-10-6-7-22(8-10)14(23)25-11-4-2-9(3-5-11)12-19-13(26-21-12)15(16,17)18/h2-5H,6-8H2,1H3/b20-10+. The lowest BCUT2D eigenvalue weighted by Gasteiger charge is -2.14. The third-order valence-corrected chi connectivity index (χ3v) is 3.51. The second-order valence-corrected chi connectivity index (χ2v) is 5.32. The summed E-state index contributed by atoms with van der Waals surface area (Å²) in [4.78, 5) is 21.5. The van der Waals surface area contributed by atoms with Gasteiger partial charge in [-0.25, -0.2) is 4.79 Å². The Morgan fingerprint density at radius 2 is 2.04 bits per heavy atom. The molecule has 1 aliphatic rings. The van der Waals surface area contributed by atoms with Gasteiger partial charge in [0.25, 0.3) is 0 Å². The maximum absolute atomic E-state index is 12.5. The first-order valence-corrected chi connectivity index (χ1v) is 7.44. The number of amides is 1. The average Bonchev–Trinajstić information content (AvgIpc) is 3.25. The molecule has 11 heteroatoms. The van der Waals surface area contributed by atoms with E-state index in [0.29, 0.717) is 25.1 Å². The number of halogens is 3. The van der Waals surface area contributed by atoms with Crippen LogP contribution in [0, 0.1) is 0 Å². The van der Waals surface area contributed by atoms with E-state index < -0.39 is 18.2 Å². The molecule has 1 aliphatic heterocycles. The summed E-state index contributed by atoms with van der Waals surface area (Å²) in [6, 6.07) is 5.71. The molecule has 0 saturated carbocycles. The van der Waals surface area contributed by atoms with Gasteiger partial charge < -0.3 is 19.0 Å². The molecule has 3 rings (SSSR count). The molecular weight excluding hydrogens is 357 g/mol. The summed E-state index contributed by atoms with van der Waals surface area (Å²) in [5.41, 5.74) is 1.03. The third-order valence-electron chi connectivity index (χ3n) is 3.51. The van der Waals surface area contributed by atoms with Crippen LogP contribution in [0.1, 0.15) is 12.3 Å². The smallest absolute Gasteiger partial charge is 0.410 e. The predicted molar refractivity (Wildman–Crippen MR) is 81.4 cm³/mol. The van der Waals surface area contributed by atoms with E-state index in [4.69, 9.17) is 4.74 Å². The van der Waals surface area contributed by atoms with Crippen LogP contribution in [0.4, 0.5) is 18.0 Å². The van der Waals surface area contributed by atoms with Crippen molar-refractivity contribution in [3.63, 3.8) is 0 Å². The lowest BCUT2D eigenvalue weighted by molar-refractivity contribution is -0.159. The van der Waals surface area contributed by atoms with Crippen molar-refractivity contribution in [1.29, 1.82) is 0 Å². The van der Waals surface area contributed by atoms with Gasteiger partial charge in [-0.3, -0.25) is 0 Å². The van der Waals surface area contributed by atoms with Crippen LogP contribution in [0.25, 0.3) is 11.4 Å². The first-order chi connectivity index (χ1) is 12.4. The summed E-state index contributed by atoms with van der Waals surface area (Å²) in [5.74, 6) is -1.41. The van der Waals surface area contributed by atoms with E-state index in [0.717, 1.165) is 5.71 Å². The molecule has 0 spiro atoms. The largest absolute Gasteiger partial charge is 0.471 e. The second kappa shape index (κ2) is 7.02. The molecule has 1 aromatic carbocycles. The van der Waals surface area contributed by atoms with Crippen LogP contribution < -0.4 is 4.74 Å². The number of oxime groups is 1. The Balaban J connectivity index is 1.64. The fourth-order valence-electron chi connectivity index (χ4n) is 2.30. The highest BCUT2D eigenvalue weighted by Crippen LogP contribution is 2.29. The highest BCUT2D eigenvalue weighted by molar-refractivity contribution is 5.91. The third kappa shape index (κ3) is 3.92. The molecule has 0 N–H and O–H groups in total. The molecule has 26 heavy (non-hydrogen) atoms. The number of likely N-dealkylation sites (tertiary alicyclic amines) is 1. The number of ether oxygens (including phenoxy) is 1. The molecule has 1 amide bonds. The molecule has 1 aromatic heterocycles. The van der Waals surface area contributed by atoms with Gasteiger partial charge in [-0.15, -0.1) is 0 Å². The molecule has 8 nitrogen and oxygen atoms in total. The molecule has 1 saturated heterocycles.